The zero-order valence-corrected chi connectivity index (χ0v) is 11.4. The maximum atomic E-state index is 11.7. The molecule has 0 radical (unpaired) electrons. The lowest BCUT2D eigenvalue weighted by atomic mass is 9.82. The summed E-state index contributed by atoms with van der Waals surface area (Å²) in [5.74, 6) is -0.228. The average molecular weight is 257 g/mol. The molecule has 2 rings (SSSR count). The summed E-state index contributed by atoms with van der Waals surface area (Å²) in [5, 5.41) is 1.36. The van der Waals surface area contributed by atoms with Crippen molar-refractivity contribution in [3.63, 3.8) is 0 Å². The van der Waals surface area contributed by atoms with E-state index in [4.69, 9.17) is 10.5 Å². The molecule has 0 bridgehead atoms. The molecule has 2 saturated carbocycles. The summed E-state index contributed by atoms with van der Waals surface area (Å²) in [5.41, 5.74) is 5.47. The number of methoxy groups -OCH3 is 1. The van der Waals surface area contributed by atoms with E-state index in [1.807, 2.05) is 0 Å². The first-order valence-corrected chi connectivity index (χ1v) is 7.61. The number of nitrogens with two attached hydrogens (primary N) is 1. The average Bonchev–Trinajstić information content (AvgIpc) is 2.81. The summed E-state index contributed by atoms with van der Waals surface area (Å²) < 4.78 is 4.84. The van der Waals surface area contributed by atoms with Crippen molar-refractivity contribution in [3.8, 4) is 0 Å². The maximum absolute atomic E-state index is 11.7. The zero-order valence-electron chi connectivity index (χ0n) is 10.6. The minimum atomic E-state index is -0.719. The normalized spacial score (nSPS) is 34.8. The van der Waals surface area contributed by atoms with Crippen LogP contribution in [0, 0.1) is 0 Å². The zero-order chi connectivity index (χ0) is 12.3. The van der Waals surface area contributed by atoms with Crippen LogP contribution in [0.5, 0.6) is 0 Å². The Kier molecular flexibility index (Phi) is 4.36. The number of ether oxygens (including phenoxy) is 1. The molecule has 2 fully saturated rings. The number of rotatable bonds is 3. The first-order chi connectivity index (χ1) is 8.14. The number of thioether (sulfide) groups is 1. The topological polar surface area (TPSA) is 52.3 Å². The Balaban J connectivity index is 1.89. The third-order valence-corrected chi connectivity index (χ3v) is 5.66. The smallest absolute Gasteiger partial charge is 0.325 e. The predicted molar refractivity (Wildman–Crippen MR) is 71.0 cm³/mol. The Labute approximate surface area is 108 Å². The number of carbonyl (C=O) groups excluding carboxylic acids is 1. The van der Waals surface area contributed by atoms with Crippen LogP contribution in [0.4, 0.5) is 0 Å². The second kappa shape index (κ2) is 5.61. The van der Waals surface area contributed by atoms with Gasteiger partial charge in [0.25, 0.3) is 0 Å². The van der Waals surface area contributed by atoms with E-state index in [0.717, 1.165) is 24.5 Å². The van der Waals surface area contributed by atoms with Crippen molar-refractivity contribution in [3.05, 3.63) is 0 Å². The minimum absolute atomic E-state index is 0.228. The van der Waals surface area contributed by atoms with Crippen LogP contribution >= 0.6 is 11.8 Å². The van der Waals surface area contributed by atoms with Gasteiger partial charge in [0.15, 0.2) is 0 Å². The molecule has 4 heteroatoms. The molecule has 17 heavy (non-hydrogen) atoms. The van der Waals surface area contributed by atoms with Gasteiger partial charge < -0.3 is 10.5 Å². The van der Waals surface area contributed by atoms with Gasteiger partial charge in [-0.1, -0.05) is 12.8 Å². The van der Waals surface area contributed by atoms with Crippen LogP contribution in [0.2, 0.25) is 0 Å². The van der Waals surface area contributed by atoms with E-state index < -0.39 is 5.54 Å². The standard InChI is InChI=1S/C13H23NO2S/c1-16-12(15)13(14)8-4-7-11(9-13)17-10-5-2-3-6-10/h10-11H,2-9,14H2,1H3. The highest BCUT2D eigenvalue weighted by molar-refractivity contribution is 8.00. The van der Waals surface area contributed by atoms with Crippen molar-refractivity contribution >= 4 is 17.7 Å². The summed E-state index contributed by atoms with van der Waals surface area (Å²) in [6.07, 6.45) is 9.26. The molecule has 98 valence electrons. The predicted octanol–water partition coefficient (Wildman–Crippen LogP) is 2.48. The van der Waals surface area contributed by atoms with Gasteiger partial charge in [0.1, 0.15) is 5.54 Å². The van der Waals surface area contributed by atoms with Gasteiger partial charge in [0.05, 0.1) is 7.11 Å². The Bertz CT molecular complexity index is 279. The van der Waals surface area contributed by atoms with Crippen LogP contribution in [0.25, 0.3) is 0 Å². The highest BCUT2D eigenvalue weighted by atomic mass is 32.2. The van der Waals surface area contributed by atoms with Gasteiger partial charge >= 0.3 is 5.97 Å². The Morgan fingerprint density at radius 3 is 2.53 bits per heavy atom. The molecule has 2 aliphatic carbocycles. The van der Waals surface area contributed by atoms with E-state index in [9.17, 15) is 4.79 Å². The first kappa shape index (κ1) is 13.2. The van der Waals surface area contributed by atoms with Crippen molar-refractivity contribution in [2.24, 2.45) is 5.73 Å². The van der Waals surface area contributed by atoms with Crippen LogP contribution in [-0.4, -0.2) is 29.1 Å². The Morgan fingerprint density at radius 2 is 1.88 bits per heavy atom. The lowest BCUT2D eigenvalue weighted by Gasteiger charge is -2.36. The second-order valence-electron chi connectivity index (χ2n) is 5.41. The van der Waals surface area contributed by atoms with E-state index in [1.54, 1.807) is 0 Å². The number of carbonyl (C=O) groups is 1. The van der Waals surface area contributed by atoms with Crippen molar-refractivity contribution in [2.45, 2.75) is 67.4 Å². The summed E-state index contributed by atoms with van der Waals surface area (Å²) >= 11 is 2.07. The number of hydrogen-bond acceptors (Lipinski definition) is 4. The SMILES string of the molecule is COC(=O)C1(N)CCCC(SC2CCCC2)C1. The van der Waals surface area contributed by atoms with Crippen LogP contribution in [0.15, 0.2) is 0 Å². The molecule has 0 aliphatic heterocycles. The highest BCUT2D eigenvalue weighted by Gasteiger charge is 2.41. The minimum Gasteiger partial charge on any atom is -0.468 e. The molecular weight excluding hydrogens is 234 g/mol. The molecule has 2 aliphatic rings. The third-order valence-electron chi connectivity index (χ3n) is 4.02. The van der Waals surface area contributed by atoms with Crippen LogP contribution in [0.3, 0.4) is 0 Å². The van der Waals surface area contributed by atoms with E-state index in [2.05, 4.69) is 11.8 Å². The molecular formula is C13H23NO2S. The van der Waals surface area contributed by atoms with Gasteiger partial charge in [-0.25, -0.2) is 0 Å². The lowest BCUT2D eigenvalue weighted by Crippen LogP contribution is -2.52. The van der Waals surface area contributed by atoms with Crippen LogP contribution in [-0.2, 0) is 9.53 Å². The van der Waals surface area contributed by atoms with Crippen molar-refractivity contribution in [2.75, 3.05) is 7.11 Å². The quantitative estimate of drug-likeness (QED) is 0.789. The highest BCUT2D eigenvalue weighted by Crippen LogP contribution is 2.40. The molecule has 0 amide bonds. The molecule has 2 atom stereocenters. The van der Waals surface area contributed by atoms with Gasteiger partial charge in [-0.15, -0.1) is 0 Å². The fraction of sp³-hybridized carbons (Fsp3) is 0.923. The molecule has 2 unspecified atom stereocenters. The lowest BCUT2D eigenvalue weighted by molar-refractivity contribution is -0.148. The molecule has 0 aromatic carbocycles. The maximum Gasteiger partial charge on any atom is 0.325 e. The summed E-state index contributed by atoms with van der Waals surface area (Å²) in [7, 11) is 1.44. The molecule has 0 saturated heterocycles. The van der Waals surface area contributed by atoms with Crippen molar-refractivity contribution in [1.82, 2.24) is 0 Å². The molecule has 0 heterocycles. The number of hydrogen-bond donors (Lipinski definition) is 1. The molecule has 0 aromatic rings. The van der Waals surface area contributed by atoms with E-state index in [-0.39, 0.29) is 5.97 Å². The molecule has 0 aromatic heterocycles. The second-order valence-corrected chi connectivity index (χ2v) is 7.01. The van der Waals surface area contributed by atoms with Gasteiger partial charge in [-0.2, -0.15) is 11.8 Å². The van der Waals surface area contributed by atoms with Gasteiger partial charge in [-0.3, -0.25) is 4.79 Å². The van der Waals surface area contributed by atoms with Crippen LogP contribution < -0.4 is 5.73 Å². The van der Waals surface area contributed by atoms with E-state index >= 15 is 0 Å². The van der Waals surface area contributed by atoms with E-state index in [0.29, 0.717) is 5.25 Å². The van der Waals surface area contributed by atoms with Gasteiger partial charge in [0, 0.05) is 10.5 Å². The molecule has 0 spiro atoms. The Hall–Kier alpha value is -0.220. The third kappa shape index (κ3) is 3.16. The van der Waals surface area contributed by atoms with Gasteiger partial charge in [0.2, 0.25) is 0 Å². The van der Waals surface area contributed by atoms with E-state index in [1.165, 1.54) is 39.2 Å². The summed E-state index contributed by atoms with van der Waals surface area (Å²) in [4.78, 5) is 11.7. The van der Waals surface area contributed by atoms with Crippen molar-refractivity contribution < 1.29 is 9.53 Å². The van der Waals surface area contributed by atoms with Crippen LogP contribution in [0.1, 0.15) is 51.4 Å². The van der Waals surface area contributed by atoms with Crippen molar-refractivity contribution in [1.29, 1.82) is 0 Å². The largest absolute Gasteiger partial charge is 0.468 e. The molecule has 2 N–H and O–H groups in total. The number of esters is 1. The summed E-state index contributed by atoms with van der Waals surface area (Å²) in [6.45, 7) is 0. The monoisotopic (exact) mass is 257 g/mol. The van der Waals surface area contributed by atoms with Gasteiger partial charge in [-0.05, 0) is 38.5 Å². The fourth-order valence-corrected chi connectivity index (χ4v) is 4.90. The summed E-state index contributed by atoms with van der Waals surface area (Å²) in [6, 6.07) is 0. The first-order valence-electron chi connectivity index (χ1n) is 6.67. The molecule has 3 nitrogen and oxygen atoms in total. The Morgan fingerprint density at radius 1 is 1.24 bits per heavy atom. The fourth-order valence-electron chi connectivity index (χ4n) is 3.06.